The van der Waals surface area contributed by atoms with Crippen molar-refractivity contribution >= 4 is 33.2 Å². The van der Waals surface area contributed by atoms with Gasteiger partial charge in [0.05, 0.1) is 4.47 Å². The maximum atomic E-state index is 13.3. The van der Waals surface area contributed by atoms with Crippen LogP contribution in [0.5, 0.6) is 0 Å². The molecule has 0 radical (unpaired) electrons. The van der Waals surface area contributed by atoms with Gasteiger partial charge >= 0.3 is 0 Å². The molecule has 0 unspecified atom stereocenters. The number of rotatable bonds is 3. The Morgan fingerprint density at radius 3 is 2.78 bits per heavy atom. The van der Waals surface area contributed by atoms with E-state index in [9.17, 15) is 4.39 Å². The lowest BCUT2D eigenvalue weighted by Crippen LogP contribution is -2.01. The highest BCUT2D eigenvalue weighted by Gasteiger charge is 2.05. The summed E-state index contributed by atoms with van der Waals surface area (Å²) in [5.41, 5.74) is 2.86. The van der Waals surface area contributed by atoms with Gasteiger partial charge in [-0.05, 0) is 58.2 Å². The average molecular weight is 329 g/mol. The van der Waals surface area contributed by atoms with Gasteiger partial charge in [0.1, 0.15) is 5.82 Å². The first-order chi connectivity index (χ1) is 8.56. The van der Waals surface area contributed by atoms with E-state index in [1.807, 2.05) is 31.2 Å². The molecule has 1 N–H and O–H groups in total. The maximum Gasteiger partial charge on any atom is 0.137 e. The highest BCUT2D eigenvalue weighted by molar-refractivity contribution is 9.10. The topological polar surface area (TPSA) is 12.0 Å². The van der Waals surface area contributed by atoms with Crippen molar-refractivity contribution in [2.45, 2.75) is 13.5 Å². The van der Waals surface area contributed by atoms with Gasteiger partial charge in [0.2, 0.25) is 0 Å². The first-order valence-corrected chi connectivity index (χ1v) is 6.67. The number of benzene rings is 2. The van der Waals surface area contributed by atoms with E-state index in [2.05, 4.69) is 21.2 Å². The Kier molecular flexibility index (Phi) is 4.25. The fourth-order valence-electron chi connectivity index (χ4n) is 1.68. The summed E-state index contributed by atoms with van der Waals surface area (Å²) in [6.07, 6.45) is 0. The Morgan fingerprint density at radius 1 is 1.28 bits per heavy atom. The Hall–Kier alpha value is -1.06. The van der Waals surface area contributed by atoms with Crippen LogP contribution in [0, 0.1) is 12.7 Å². The minimum absolute atomic E-state index is 0.249. The van der Waals surface area contributed by atoms with Crippen LogP contribution in [-0.4, -0.2) is 0 Å². The molecule has 0 aliphatic heterocycles. The predicted molar refractivity (Wildman–Crippen MR) is 77.6 cm³/mol. The SMILES string of the molecule is Cc1cc(F)c(Br)cc1NCc1cccc(Cl)c1. The highest BCUT2D eigenvalue weighted by Crippen LogP contribution is 2.24. The minimum atomic E-state index is -0.249. The molecule has 0 aromatic heterocycles. The lowest BCUT2D eigenvalue weighted by Gasteiger charge is -2.11. The third-order valence-electron chi connectivity index (χ3n) is 2.64. The standard InChI is InChI=1S/C14H12BrClFN/c1-9-5-13(17)12(15)7-14(9)18-8-10-3-2-4-11(16)6-10/h2-7,18H,8H2,1H3. The van der Waals surface area contributed by atoms with Gasteiger partial charge in [-0.15, -0.1) is 0 Å². The second kappa shape index (κ2) is 5.72. The molecule has 0 heterocycles. The van der Waals surface area contributed by atoms with Gasteiger partial charge < -0.3 is 5.32 Å². The van der Waals surface area contributed by atoms with E-state index in [0.29, 0.717) is 16.0 Å². The Balaban J connectivity index is 2.13. The van der Waals surface area contributed by atoms with E-state index in [1.54, 1.807) is 6.07 Å². The Morgan fingerprint density at radius 2 is 2.06 bits per heavy atom. The minimum Gasteiger partial charge on any atom is -0.381 e. The summed E-state index contributed by atoms with van der Waals surface area (Å²) in [4.78, 5) is 0. The molecule has 0 spiro atoms. The van der Waals surface area contributed by atoms with Crippen LogP contribution in [-0.2, 0) is 6.54 Å². The van der Waals surface area contributed by atoms with Gasteiger partial charge in [-0.2, -0.15) is 0 Å². The van der Waals surface area contributed by atoms with Crippen LogP contribution in [0.1, 0.15) is 11.1 Å². The zero-order chi connectivity index (χ0) is 13.1. The summed E-state index contributed by atoms with van der Waals surface area (Å²) >= 11 is 9.10. The van der Waals surface area contributed by atoms with E-state index in [-0.39, 0.29) is 5.82 Å². The van der Waals surface area contributed by atoms with E-state index in [1.165, 1.54) is 6.07 Å². The molecule has 0 amide bonds. The summed E-state index contributed by atoms with van der Waals surface area (Å²) in [5.74, 6) is -0.249. The van der Waals surface area contributed by atoms with Crippen molar-refractivity contribution in [2.75, 3.05) is 5.32 Å². The molecular formula is C14H12BrClFN. The number of hydrogen-bond acceptors (Lipinski definition) is 1. The summed E-state index contributed by atoms with van der Waals surface area (Å²) in [6.45, 7) is 2.52. The van der Waals surface area contributed by atoms with Crippen molar-refractivity contribution in [2.24, 2.45) is 0 Å². The molecule has 0 atom stereocenters. The zero-order valence-electron chi connectivity index (χ0n) is 9.81. The van der Waals surface area contributed by atoms with E-state index >= 15 is 0 Å². The van der Waals surface area contributed by atoms with Crippen molar-refractivity contribution in [3.63, 3.8) is 0 Å². The molecule has 2 aromatic rings. The summed E-state index contributed by atoms with van der Waals surface area (Å²) < 4.78 is 13.7. The lowest BCUT2D eigenvalue weighted by atomic mass is 10.1. The molecular weight excluding hydrogens is 317 g/mol. The maximum absolute atomic E-state index is 13.3. The van der Waals surface area contributed by atoms with Crippen LogP contribution in [0.25, 0.3) is 0 Å². The van der Waals surface area contributed by atoms with Gasteiger partial charge in [0.15, 0.2) is 0 Å². The van der Waals surface area contributed by atoms with Crippen LogP contribution in [0.4, 0.5) is 10.1 Å². The molecule has 0 bridgehead atoms. The molecule has 0 saturated heterocycles. The Bertz CT molecular complexity index is 572. The van der Waals surface area contributed by atoms with Gasteiger partial charge in [-0.1, -0.05) is 23.7 Å². The molecule has 2 rings (SSSR count). The molecule has 94 valence electrons. The second-order valence-electron chi connectivity index (χ2n) is 4.06. The number of halogens is 3. The molecule has 0 saturated carbocycles. The van der Waals surface area contributed by atoms with Gasteiger partial charge in [0.25, 0.3) is 0 Å². The molecule has 18 heavy (non-hydrogen) atoms. The quantitative estimate of drug-likeness (QED) is 0.820. The Labute approximate surface area is 119 Å². The smallest absolute Gasteiger partial charge is 0.137 e. The third kappa shape index (κ3) is 3.24. The van der Waals surface area contributed by atoms with Crippen molar-refractivity contribution in [1.29, 1.82) is 0 Å². The number of hydrogen-bond donors (Lipinski definition) is 1. The van der Waals surface area contributed by atoms with Gasteiger partial charge in [0, 0.05) is 17.3 Å². The summed E-state index contributed by atoms with van der Waals surface area (Å²) in [5, 5.41) is 3.98. The molecule has 0 fully saturated rings. The van der Waals surface area contributed by atoms with Crippen molar-refractivity contribution in [1.82, 2.24) is 0 Å². The predicted octanol–water partition coefficient (Wildman–Crippen LogP) is 5.16. The van der Waals surface area contributed by atoms with Crippen LogP contribution < -0.4 is 5.32 Å². The fourth-order valence-corrected chi connectivity index (χ4v) is 2.24. The van der Waals surface area contributed by atoms with Crippen LogP contribution >= 0.6 is 27.5 Å². The van der Waals surface area contributed by atoms with Gasteiger partial charge in [-0.25, -0.2) is 4.39 Å². The number of aryl methyl sites for hydroxylation is 1. The fraction of sp³-hybridized carbons (Fsp3) is 0.143. The number of anilines is 1. The molecule has 4 heteroatoms. The zero-order valence-corrected chi connectivity index (χ0v) is 12.1. The number of nitrogens with one attached hydrogen (secondary N) is 1. The monoisotopic (exact) mass is 327 g/mol. The third-order valence-corrected chi connectivity index (χ3v) is 3.48. The van der Waals surface area contributed by atoms with Crippen LogP contribution in [0.15, 0.2) is 40.9 Å². The largest absolute Gasteiger partial charge is 0.381 e. The summed E-state index contributed by atoms with van der Waals surface area (Å²) in [6, 6.07) is 10.9. The summed E-state index contributed by atoms with van der Waals surface area (Å²) in [7, 11) is 0. The van der Waals surface area contributed by atoms with Gasteiger partial charge in [-0.3, -0.25) is 0 Å². The van der Waals surface area contributed by atoms with Crippen molar-refractivity contribution in [3.8, 4) is 0 Å². The lowest BCUT2D eigenvalue weighted by molar-refractivity contribution is 0.620. The highest BCUT2D eigenvalue weighted by atomic mass is 79.9. The average Bonchev–Trinajstić information content (AvgIpc) is 2.32. The van der Waals surface area contributed by atoms with Crippen LogP contribution in [0.2, 0.25) is 5.02 Å². The van der Waals surface area contributed by atoms with Crippen molar-refractivity contribution in [3.05, 3.63) is 62.8 Å². The van der Waals surface area contributed by atoms with Crippen molar-refractivity contribution < 1.29 is 4.39 Å². The first kappa shape index (κ1) is 13.4. The molecule has 2 aromatic carbocycles. The molecule has 1 nitrogen and oxygen atoms in total. The van der Waals surface area contributed by atoms with E-state index in [0.717, 1.165) is 16.8 Å². The molecule has 0 aliphatic rings. The second-order valence-corrected chi connectivity index (χ2v) is 5.36. The molecule has 0 aliphatic carbocycles. The van der Waals surface area contributed by atoms with Crippen LogP contribution in [0.3, 0.4) is 0 Å². The normalized spacial score (nSPS) is 10.4. The van der Waals surface area contributed by atoms with E-state index < -0.39 is 0 Å². The van der Waals surface area contributed by atoms with E-state index in [4.69, 9.17) is 11.6 Å². The first-order valence-electron chi connectivity index (χ1n) is 5.50.